The summed E-state index contributed by atoms with van der Waals surface area (Å²) in [5.74, 6) is -1.08. The van der Waals surface area contributed by atoms with Gasteiger partial charge >= 0.3 is 0 Å². The van der Waals surface area contributed by atoms with Crippen LogP contribution in [0.15, 0.2) is 23.1 Å². The lowest BCUT2D eigenvalue weighted by atomic mass is 10.1. The normalized spacial score (nSPS) is 12.5. The zero-order valence-electron chi connectivity index (χ0n) is 11.8. The van der Waals surface area contributed by atoms with Gasteiger partial charge in [0.1, 0.15) is 5.75 Å². The van der Waals surface area contributed by atoms with Gasteiger partial charge in [-0.2, -0.15) is 0 Å². The van der Waals surface area contributed by atoms with E-state index in [1.807, 2.05) is 4.72 Å². The second-order valence-electron chi connectivity index (χ2n) is 4.37. The zero-order valence-corrected chi connectivity index (χ0v) is 12.6. The van der Waals surface area contributed by atoms with Crippen LogP contribution in [0.4, 0.5) is 5.69 Å². The number of carbonyl (C=O) groups is 1. The molecule has 1 amide bonds. The van der Waals surface area contributed by atoms with E-state index in [-0.39, 0.29) is 5.75 Å². The average Bonchev–Trinajstić information content (AvgIpc) is 2.44. The van der Waals surface area contributed by atoms with Crippen LogP contribution in [0.25, 0.3) is 0 Å². The highest BCUT2D eigenvalue weighted by Gasteiger charge is 2.29. The van der Waals surface area contributed by atoms with Crippen molar-refractivity contribution in [2.24, 2.45) is 5.92 Å². The van der Waals surface area contributed by atoms with Crippen molar-refractivity contribution in [3.8, 4) is 5.75 Å². The van der Waals surface area contributed by atoms with Crippen LogP contribution in [0.2, 0.25) is 0 Å². The SMILES string of the molecule is CC[C@H](C)C(=O)NS(=O)(=O)c1ccc(OC)cc1[N+](=O)[O-]. The third kappa shape index (κ3) is 3.91. The van der Waals surface area contributed by atoms with Crippen LogP contribution in [-0.4, -0.2) is 26.4 Å². The van der Waals surface area contributed by atoms with Gasteiger partial charge in [0, 0.05) is 5.92 Å². The molecule has 0 spiro atoms. The summed E-state index contributed by atoms with van der Waals surface area (Å²) in [7, 11) is -3.01. The molecule has 1 aromatic carbocycles. The molecule has 0 aliphatic carbocycles. The minimum absolute atomic E-state index is 0.147. The number of nitrogens with one attached hydrogen (secondary N) is 1. The molecule has 1 aromatic rings. The molecule has 0 aliphatic heterocycles. The summed E-state index contributed by atoms with van der Waals surface area (Å²) >= 11 is 0. The predicted octanol–water partition coefficient (Wildman–Crippen LogP) is 1.45. The number of ether oxygens (including phenoxy) is 1. The number of nitro groups is 1. The van der Waals surface area contributed by atoms with Crippen molar-refractivity contribution in [2.75, 3.05) is 7.11 Å². The van der Waals surface area contributed by atoms with Crippen LogP contribution < -0.4 is 9.46 Å². The van der Waals surface area contributed by atoms with Crippen molar-refractivity contribution >= 4 is 21.6 Å². The molecule has 0 saturated heterocycles. The Hall–Kier alpha value is -2.16. The van der Waals surface area contributed by atoms with E-state index in [1.165, 1.54) is 13.2 Å². The molecular weight excluding hydrogens is 300 g/mol. The van der Waals surface area contributed by atoms with Crippen molar-refractivity contribution in [3.63, 3.8) is 0 Å². The van der Waals surface area contributed by atoms with Crippen molar-refractivity contribution < 1.29 is 22.9 Å². The molecule has 0 fully saturated rings. The van der Waals surface area contributed by atoms with Crippen molar-refractivity contribution in [1.29, 1.82) is 0 Å². The smallest absolute Gasteiger partial charge is 0.293 e. The Morgan fingerprint density at radius 1 is 1.48 bits per heavy atom. The van der Waals surface area contributed by atoms with E-state index in [0.717, 1.165) is 12.1 Å². The largest absolute Gasteiger partial charge is 0.497 e. The number of methoxy groups -OCH3 is 1. The van der Waals surface area contributed by atoms with Gasteiger partial charge in [-0.1, -0.05) is 13.8 Å². The van der Waals surface area contributed by atoms with Crippen LogP contribution in [0.3, 0.4) is 0 Å². The highest BCUT2D eigenvalue weighted by atomic mass is 32.2. The fourth-order valence-corrected chi connectivity index (χ4v) is 2.70. The quantitative estimate of drug-likeness (QED) is 0.627. The lowest BCUT2D eigenvalue weighted by Gasteiger charge is -2.11. The molecule has 8 nitrogen and oxygen atoms in total. The van der Waals surface area contributed by atoms with Crippen LogP contribution >= 0.6 is 0 Å². The highest BCUT2D eigenvalue weighted by Crippen LogP contribution is 2.28. The summed E-state index contributed by atoms with van der Waals surface area (Å²) in [4.78, 5) is 21.2. The standard InChI is InChI=1S/C12H16N2O6S/c1-4-8(2)12(15)13-21(18,19)11-6-5-9(20-3)7-10(11)14(16)17/h5-8H,4H2,1-3H3,(H,13,15)/t8-/m0/s1. The molecule has 0 bridgehead atoms. The highest BCUT2D eigenvalue weighted by molar-refractivity contribution is 7.90. The number of carbonyl (C=O) groups excluding carboxylic acids is 1. The van der Waals surface area contributed by atoms with Gasteiger partial charge in [0.05, 0.1) is 18.1 Å². The molecule has 1 atom stereocenters. The molecule has 116 valence electrons. The minimum Gasteiger partial charge on any atom is -0.497 e. The van der Waals surface area contributed by atoms with Gasteiger partial charge in [-0.05, 0) is 18.6 Å². The summed E-state index contributed by atoms with van der Waals surface area (Å²) < 4.78 is 30.9. The predicted molar refractivity (Wildman–Crippen MR) is 74.4 cm³/mol. The number of nitrogens with zero attached hydrogens (tertiary/aromatic N) is 1. The first-order valence-corrected chi connectivity index (χ1v) is 7.60. The molecule has 0 saturated carbocycles. The molecule has 1 rings (SSSR count). The van der Waals surface area contributed by atoms with Crippen LogP contribution in [0.1, 0.15) is 20.3 Å². The molecule has 0 heterocycles. The van der Waals surface area contributed by atoms with Gasteiger partial charge < -0.3 is 4.74 Å². The number of sulfonamides is 1. The van der Waals surface area contributed by atoms with E-state index in [9.17, 15) is 23.3 Å². The summed E-state index contributed by atoms with van der Waals surface area (Å²) in [5, 5.41) is 11.0. The Bertz CT molecular complexity index is 656. The monoisotopic (exact) mass is 316 g/mol. The van der Waals surface area contributed by atoms with Crippen molar-refractivity contribution in [1.82, 2.24) is 4.72 Å². The molecule has 0 radical (unpaired) electrons. The third-order valence-corrected chi connectivity index (χ3v) is 4.34. The maximum absolute atomic E-state index is 12.1. The van der Waals surface area contributed by atoms with Crippen LogP contribution in [-0.2, 0) is 14.8 Å². The topological polar surface area (TPSA) is 116 Å². The maximum atomic E-state index is 12.1. The summed E-state index contributed by atoms with van der Waals surface area (Å²) in [6, 6.07) is 3.29. The molecule has 0 aliphatic rings. The number of benzene rings is 1. The number of hydrogen-bond donors (Lipinski definition) is 1. The second-order valence-corrected chi connectivity index (χ2v) is 6.02. The lowest BCUT2D eigenvalue weighted by Crippen LogP contribution is -2.34. The first-order valence-electron chi connectivity index (χ1n) is 6.12. The Balaban J connectivity index is 3.25. The third-order valence-electron chi connectivity index (χ3n) is 2.95. The number of nitro benzene ring substituents is 1. The van der Waals surface area contributed by atoms with Gasteiger partial charge in [0.2, 0.25) is 5.91 Å². The van der Waals surface area contributed by atoms with E-state index in [1.54, 1.807) is 13.8 Å². The lowest BCUT2D eigenvalue weighted by molar-refractivity contribution is -0.387. The number of hydrogen-bond acceptors (Lipinski definition) is 6. The zero-order chi connectivity index (χ0) is 16.2. The minimum atomic E-state index is -4.31. The molecule has 21 heavy (non-hydrogen) atoms. The molecule has 0 unspecified atom stereocenters. The van der Waals surface area contributed by atoms with E-state index in [2.05, 4.69) is 0 Å². The first-order chi connectivity index (χ1) is 9.72. The van der Waals surface area contributed by atoms with Crippen molar-refractivity contribution in [2.45, 2.75) is 25.2 Å². The number of rotatable bonds is 6. The van der Waals surface area contributed by atoms with Crippen molar-refractivity contribution in [3.05, 3.63) is 28.3 Å². The van der Waals surface area contributed by atoms with Crippen LogP contribution in [0.5, 0.6) is 5.75 Å². The maximum Gasteiger partial charge on any atom is 0.293 e. The molecule has 9 heteroatoms. The molecule has 1 N–H and O–H groups in total. The van der Waals surface area contributed by atoms with Gasteiger partial charge in [-0.3, -0.25) is 14.9 Å². The van der Waals surface area contributed by atoms with E-state index >= 15 is 0 Å². The molecule has 0 aromatic heterocycles. The Morgan fingerprint density at radius 3 is 2.57 bits per heavy atom. The molecular formula is C12H16N2O6S. The van der Waals surface area contributed by atoms with Gasteiger partial charge in [0.25, 0.3) is 15.7 Å². The second kappa shape index (κ2) is 6.53. The summed E-state index contributed by atoms with van der Waals surface area (Å²) in [6.07, 6.45) is 0.450. The van der Waals surface area contributed by atoms with Gasteiger partial charge in [-0.15, -0.1) is 0 Å². The first kappa shape index (κ1) is 16.9. The Labute approximate surface area is 122 Å². The van der Waals surface area contributed by atoms with E-state index in [0.29, 0.717) is 6.42 Å². The fraction of sp³-hybridized carbons (Fsp3) is 0.417. The Morgan fingerprint density at radius 2 is 2.10 bits per heavy atom. The Kier molecular flexibility index (Phi) is 5.25. The van der Waals surface area contributed by atoms with E-state index < -0.39 is 37.4 Å². The average molecular weight is 316 g/mol. The van der Waals surface area contributed by atoms with E-state index in [4.69, 9.17) is 4.74 Å². The number of amides is 1. The summed E-state index contributed by atoms with van der Waals surface area (Å²) in [5.41, 5.74) is -0.654. The summed E-state index contributed by atoms with van der Waals surface area (Å²) in [6.45, 7) is 3.29. The van der Waals surface area contributed by atoms with Gasteiger partial charge in [0.15, 0.2) is 4.90 Å². The van der Waals surface area contributed by atoms with Crippen LogP contribution in [0, 0.1) is 16.0 Å². The van der Waals surface area contributed by atoms with Gasteiger partial charge in [-0.25, -0.2) is 13.1 Å². The fourth-order valence-electron chi connectivity index (χ4n) is 1.47.